The molecule has 0 N–H and O–H groups in total. The van der Waals surface area contributed by atoms with Crippen LogP contribution in [-0.2, 0) is 26.2 Å². The Hall–Kier alpha value is -3.54. The standard InChI is InChI=1S/C13H9.3C7H7.Zr/c1-3-7-12-10(5-1)9-11-6-2-4-8-13(11)12;3*1-7-5-3-2-4-6-7;/h1-9H;3*2-6H,1H2;/q4*-1;+4. The maximum absolute atomic E-state index is 3.72. The molecule has 0 aromatic heterocycles. The van der Waals surface area contributed by atoms with E-state index in [0.29, 0.717) is 0 Å². The smallest absolute Gasteiger partial charge is 0.199 e. The van der Waals surface area contributed by atoms with Crippen molar-refractivity contribution in [2.45, 2.75) is 0 Å². The minimum Gasteiger partial charge on any atom is -0.199 e. The van der Waals surface area contributed by atoms with Gasteiger partial charge in [0.1, 0.15) is 0 Å². The average molecular weight is 530 g/mol. The van der Waals surface area contributed by atoms with E-state index in [1.54, 1.807) is 0 Å². The fraction of sp³-hybridized carbons (Fsp3) is 0. The van der Waals surface area contributed by atoms with Gasteiger partial charge in [0.15, 0.2) is 0 Å². The predicted molar refractivity (Wildman–Crippen MR) is 150 cm³/mol. The van der Waals surface area contributed by atoms with Crippen LogP contribution in [0.3, 0.4) is 0 Å². The summed E-state index contributed by atoms with van der Waals surface area (Å²) < 4.78 is 0. The Morgan fingerprint density at radius 1 is 0.343 bits per heavy atom. The second kappa shape index (κ2) is 15.4. The van der Waals surface area contributed by atoms with Crippen molar-refractivity contribution in [1.82, 2.24) is 0 Å². The Bertz CT molecular complexity index is 1210. The molecule has 0 nitrogen and oxygen atoms in total. The van der Waals surface area contributed by atoms with Gasteiger partial charge >= 0.3 is 26.2 Å². The molecule has 0 fully saturated rings. The largest absolute Gasteiger partial charge is 4.00 e. The van der Waals surface area contributed by atoms with E-state index in [1.807, 2.05) is 91.0 Å². The molecule has 6 aromatic rings. The Kier molecular flexibility index (Phi) is 12.2. The zero-order valence-electron chi connectivity index (χ0n) is 20.0. The molecule has 0 unspecified atom stereocenters. The van der Waals surface area contributed by atoms with Gasteiger partial charge in [-0.1, -0.05) is 54.6 Å². The van der Waals surface area contributed by atoms with E-state index in [0.717, 1.165) is 16.7 Å². The Morgan fingerprint density at radius 3 is 0.857 bits per heavy atom. The van der Waals surface area contributed by atoms with Gasteiger partial charge in [0, 0.05) is 0 Å². The van der Waals surface area contributed by atoms with Crippen LogP contribution in [0.4, 0.5) is 0 Å². The SMILES string of the molecule is [CH2-]c1ccccc1.[CH2-]c1ccccc1.[CH2-]c1ccccc1.[Zr+4].c1ccc2c(c1)[cH-]c1ccccc12. The van der Waals surface area contributed by atoms with Crippen molar-refractivity contribution in [3.63, 3.8) is 0 Å². The minimum atomic E-state index is 0. The van der Waals surface area contributed by atoms with E-state index in [9.17, 15) is 0 Å². The quantitative estimate of drug-likeness (QED) is 0.172. The van der Waals surface area contributed by atoms with E-state index in [1.165, 1.54) is 21.5 Å². The normalized spacial score (nSPS) is 9.26. The van der Waals surface area contributed by atoms with Gasteiger partial charge in [-0.15, -0.1) is 76.1 Å². The molecule has 0 spiro atoms. The minimum absolute atomic E-state index is 0. The number of hydrogen-bond acceptors (Lipinski definition) is 0. The fourth-order valence-electron chi connectivity index (χ4n) is 3.34. The zero-order valence-corrected chi connectivity index (χ0v) is 22.4. The summed E-state index contributed by atoms with van der Waals surface area (Å²) in [7, 11) is 0. The van der Waals surface area contributed by atoms with E-state index in [4.69, 9.17) is 0 Å². The van der Waals surface area contributed by atoms with Gasteiger partial charge in [-0.3, -0.25) is 0 Å². The molecule has 0 amide bonds. The van der Waals surface area contributed by atoms with Crippen molar-refractivity contribution in [3.8, 4) is 0 Å². The molecule has 0 aliphatic rings. The second-order valence-electron chi connectivity index (χ2n) is 7.78. The molecule has 0 bridgehead atoms. The predicted octanol–water partition coefficient (Wildman–Crippen LogP) is 9.32. The molecule has 6 aromatic carbocycles. The molecule has 35 heavy (non-hydrogen) atoms. The van der Waals surface area contributed by atoms with Gasteiger partial charge in [0.2, 0.25) is 0 Å². The maximum atomic E-state index is 3.72. The first-order valence-electron chi connectivity index (χ1n) is 11.3. The monoisotopic (exact) mass is 528 g/mol. The van der Waals surface area contributed by atoms with E-state index in [-0.39, 0.29) is 26.2 Å². The van der Waals surface area contributed by atoms with E-state index >= 15 is 0 Å². The molecule has 0 saturated carbocycles. The Morgan fingerprint density at radius 2 is 0.600 bits per heavy atom. The summed E-state index contributed by atoms with van der Waals surface area (Å²) in [5.74, 6) is 0. The van der Waals surface area contributed by atoms with Crippen LogP contribution in [-0.4, -0.2) is 0 Å². The van der Waals surface area contributed by atoms with Crippen LogP contribution in [0, 0.1) is 20.8 Å². The van der Waals surface area contributed by atoms with Gasteiger partial charge in [-0.25, -0.2) is 0 Å². The summed E-state index contributed by atoms with van der Waals surface area (Å²) in [6, 6.07) is 48.9. The van der Waals surface area contributed by atoms with Crippen molar-refractivity contribution < 1.29 is 26.2 Å². The number of fused-ring (bicyclic) bond motifs is 3. The summed E-state index contributed by atoms with van der Waals surface area (Å²) in [6.45, 7) is 11.2. The van der Waals surface area contributed by atoms with Crippen LogP contribution in [0.15, 0.2) is 146 Å². The first kappa shape index (κ1) is 27.7. The maximum Gasteiger partial charge on any atom is 4.00 e. The van der Waals surface area contributed by atoms with Crippen molar-refractivity contribution in [1.29, 1.82) is 0 Å². The van der Waals surface area contributed by atoms with E-state index in [2.05, 4.69) is 75.4 Å². The van der Waals surface area contributed by atoms with Crippen molar-refractivity contribution >= 4 is 21.5 Å². The van der Waals surface area contributed by atoms with Crippen LogP contribution < -0.4 is 0 Å². The van der Waals surface area contributed by atoms with Crippen LogP contribution >= 0.6 is 0 Å². The molecule has 1 heteroatoms. The summed E-state index contributed by atoms with van der Waals surface area (Å²) in [6.07, 6.45) is 0. The van der Waals surface area contributed by atoms with E-state index < -0.39 is 0 Å². The van der Waals surface area contributed by atoms with Crippen molar-refractivity contribution in [2.24, 2.45) is 0 Å². The molecule has 0 aliphatic heterocycles. The van der Waals surface area contributed by atoms with Crippen LogP contribution in [0.1, 0.15) is 16.7 Å². The molecular weight excluding hydrogens is 500 g/mol. The van der Waals surface area contributed by atoms with Crippen LogP contribution in [0.25, 0.3) is 21.5 Å². The number of rotatable bonds is 0. The van der Waals surface area contributed by atoms with Crippen LogP contribution in [0.2, 0.25) is 0 Å². The van der Waals surface area contributed by atoms with Crippen LogP contribution in [0.5, 0.6) is 0 Å². The number of benzene rings is 5. The summed E-state index contributed by atoms with van der Waals surface area (Å²) in [4.78, 5) is 0. The molecule has 6 rings (SSSR count). The van der Waals surface area contributed by atoms with Crippen molar-refractivity contribution in [2.75, 3.05) is 0 Å². The summed E-state index contributed by atoms with van der Waals surface area (Å²) in [5.41, 5.74) is 3.22. The Balaban J connectivity index is 0.000000172. The molecule has 0 aliphatic carbocycles. The summed E-state index contributed by atoms with van der Waals surface area (Å²) >= 11 is 0. The molecule has 0 atom stereocenters. The van der Waals surface area contributed by atoms with Gasteiger partial charge in [-0.05, 0) is 0 Å². The third-order valence-electron chi connectivity index (χ3n) is 5.05. The van der Waals surface area contributed by atoms with Gasteiger partial charge in [0.05, 0.1) is 0 Å². The third-order valence-corrected chi connectivity index (χ3v) is 5.05. The first-order valence-corrected chi connectivity index (χ1v) is 11.3. The molecule has 170 valence electrons. The molecule has 0 saturated heterocycles. The Labute approximate surface area is 229 Å². The number of hydrogen-bond donors (Lipinski definition) is 0. The van der Waals surface area contributed by atoms with Gasteiger partial charge < -0.3 is 0 Å². The topological polar surface area (TPSA) is 0 Å². The second-order valence-corrected chi connectivity index (χ2v) is 7.78. The first-order chi connectivity index (χ1) is 16.6. The van der Waals surface area contributed by atoms with Gasteiger partial charge in [0.25, 0.3) is 0 Å². The fourth-order valence-corrected chi connectivity index (χ4v) is 3.34. The zero-order chi connectivity index (χ0) is 24.0. The molecule has 0 heterocycles. The molecular formula is C34H30Zr. The molecule has 0 radical (unpaired) electrons. The van der Waals surface area contributed by atoms with Gasteiger partial charge in [-0.2, -0.15) is 73.9 Å². The third kappa shape index (κ3) is 9.69. The summed E-state index contributed by atoms with van der Waals surface area (Å²) in [5, 5.41) is 5.39. The van der Waals surface area contributed by atoms with Crippen molar-refractivity contribution in [3.05, 3.63) is 183 Å². The average Bonchev–Trinajstić information content (AvgIpc) is 3.26.